The Morgan fingerprint density at radius 2 is 2.05 bits per heavy atom. The number of nitrogens with zero attached hydrogens (tertiary/aromatic N) is 1. The van der Waals surface area contributed by atoms with E-state index in [4.69, 9.17) is 4.52 Å². The third kappa shape index (κ3) is 2.32. The number of hydrogen-bond donors (Lipinski definition) is 0. The van der Waals surface area contributed by atoms with Gasteiger partial charge in [-0.25, -0.2) is 0 Å². The van der Waals surface area contributed by atoms with Crippen molar-refractivity contribution in [3.05, 3.63) is 35.6 Å². The molecule has 0 bridgehead atoms. The minimum Gasteiger partial charge on any atom is -0.434 e. The molecule has 0 aliphatic heterocycles. The third-order valence-electron chi connectivity index (χ3n) is 3.27. The van der Waals surface area contributed by atoms with Gasteiger partial charge in [0.2, 0.25) is 0 Å². The lowest BCUT2D eigenvalue weighted by atomic mass is 10.0. The van der Waals surface area contributed by atoms with Crippen molar-refractivity contribution < 1.29 is 18.0 Å². The van der Waals surface area contributed by atoms with Gasteiger partial charge in [0.1, 0.15) is 17.2 Å². The number of rotatable bonds is 4. The lowest BCUT2D eigenvalue weighted by Gasteiger charge is -2.08. The van der Waals surface area contributed by atoms with Crippen molar-refractivity contribution in [3.63, 3.8) is 0 Å². The Bertz CT molecular complexity index is 591. The molecule has 3 rings (SSSR count). The van der Waals surface area contributed by atoms with Crippen LogP contribution in [-0.4, -0.2) is 11.8 Å². The Labute approximate surface area is 109 Å². The van der Waals surface area contributed by atoms with Crippen molar-refractivity contribution in [3.8, 4) is 17.0 Å². The van der Waals surface area contributed by atoms with Gasteiger partial charge in [-0.2, -0.15) is 8.78 Å². The summed E-state index contributed by atoms with van der Waals surface area (Å²) >= 11 is 0. The average Bonchev–Trinajstić information content (AvgIpc) is 3.14. The van der Waals surface area contributed by atoms with Crippen LogP contribution in [0.2, 0.25) is 0 Å². The minimum absolute atomic E-state index is 0.122. The summed E-state index contributed by atoms with van der Waals surface area (Å²) in [7, 11) is 0. The number of hydrogen-bond acceptors (Lipinski definition) is 3. The van der Waals surface area contributed by atoms with Gasteiger partial charge in [-0.3, -0.25) is 0 Å². The SMILES string of the molecule is Cc1c(-c2ccccc2OC(F)F)noc1C1CC1. The first-order chi connectivity index (χ1) is 9.16. The Hall–Kier alpha value is -1.91. The highest BCUT2D eigenvalue weighted by Gasteiger charge is 2.31. The number of alkyl halides is 2. The van der Waals surface area contributed by atoms with Crippen LogP contribution < -0.4 is 4.74 Å². The summed E-state index contributed by atoms with van der Waals surface area (Å²) in [6, 6.07) is 6.63. The van der Waals surface area contributed by atoms with Gasteiger partial charge in [0.05, 0.1) is 0 Å². The molecular weight excluding hydrogens is 252 g/mol. The number of halogens is 2. The molecule has 1 fully saturated rings. The average molecular weight is 265 g/mol. The van der Waals surface area contributed by atoms with Crippen LogP contribution in [0.4, 0.5) is 8.78 Å². The molecule has 3 nitrogen and oxygen atoms in total. The van der Waals surface area contributed by atoms with Crippen LogP contribution in [0.5, 0.6) is 5.75 Å². The normalized spacial score (nSPS) is 14.9. The highest BCUT2D eigenvalue weighted by atomic mass is 19.3. The fourth-order valence-electron chi connectivity index (χ4n) is 2.19. The quantitative estimate of drug-likeness (QED) is 0.833. The zero-order valence-corrected chi connectivity index (χ0v) is 10.4. The van der Waals surface area contributed by atoms with E-state index in [1.54, 1.807) is 18.2 Å². The Balaban J connectivity index is 2.01. The van der Waals surface area contributed by atoms with Gasteiger partial charge in [-0.15, -0.1) is 0 Å². The molecule has 100 valence electrons. The second kappa shape index (κ2) is 4.64. The van der Waals surface area contributed by atoms with E-state index in [1.807, 2.05) is 6.92 Å². The van der Waals surface area contributed by atoms with E-state index in [0.29, 0.717) is 17.2 Å². The smallest absolute Gasteiger partial charge is 0.387 e. The fraction of sp³-hybridized carbons (Fsp3) is 0.357. The Morgan fingerprint density at radius 3 is 2.74 bits per heavy atom. The van der Waals surface area contributed by atoms with Gasteiger partial charge in [0.25, 0.3) is 0 Å². The second-order valence-corrected chi connectivity index (χ2v) is 4.67. The van der Waals surface area contributed by atoms with Gasteiger partial charge in [0.15, 0.2) is 0 Å². The molecule has 0 unspecified atom stereocenters. The van der Waals surface area contributed by atoms with Crippen LogP contribution in [0, 0.1) is 6.92 Å². The molecule has 0 radical (unpaired) electrons. The summed E-state index contributed by atoms with van der Waals surface area (Å²) in [5.74, 6) is 1.42. The molecule has 0 saturated heterocycles. The molecule has 0 N–H and O–H groups in total. The van der Waals surface area contributed by atoms with Gasteiger partial charge in [0, 0.05) is 17.0 Å². The maximum Gasteiger partial charge on any atom is 0.387 e. The summed E-state index contributed by atoms with van der Waals surface area (Å²) in [5.41, 5.74) is 2.03. The van der Waals surface area contributed by atoms with Crippen molar-refractivity contribution in [2.75, 3.05) is 0 Å². The van der Waals surface area contributed by atoms with E-state index >= 15 is 0 Å². The first-order valence-electron chi connectivity index (χ1n) is 6.17. The minimum atomic E-state index is -2.85. The molecule has 1 aromatic heterocycles. The van der Waals surface area contributed by atoms with Crippen LogP contribution in [-0.2, 0) is 0 Å². The van der Waals surface area contributed by atoms with Crippen LogP contribution in [0.25, 0.3) is 11.3 Å². The standard InChI is InChI=1S/C14H13F2NO2/c1-8-12(17-19-13(8)9-6-7-9)10-4-2-3-5-11(10)18-14(15)16/h2-5,9,14H,6-7H2,1H3. The molecule has 1 aliphatic rings. The van der Waals surface area contributed by atoms with E-state index in [1.165, 1.54) is 6.07 Å². The lowest BCUT2D eigenvalue weighted by molar-refractivity contribution is -0.0494. The molecule has 19 heavy (non-hydrogen) atoms. The maximum absolute atomic E-state index is 12.4. The largest absolute Gasteiger partial charge is 0.434 e. The number of ether oxygens (including phenoxy) is 1. The summed E-state index contributed by atoms with van der Waals surface area (Å²) in [5, 5.41) is 4.02. The topological polar surface area (TPSA) is 35.3 Å². The lowest BCUT2D eigenvalue weighted by Crippen LogP contribution is -2.03. The molecule has 0 spiro atoms. The van der Waals surface area contributed by atoms with E-state index in [2.05, 4.69) is 9.89 Å². The third-order valence-corrected chi connectivity index (χ3v) is 3.27. The molecular formula is C14H13F2NO2. The number of para-hydroxylation sites is 1. The van der Waals surface area contributed by atoms with E-state index in [0.717, 1.165) is 24.2 Å². The van der Waals surface area contributed by atoms with Crippen molar-refractivity contribution >= 4 is 0 Å². The van der Waals surface area contributed by atoms with Gasteiger partial charge < -0.3 is 9.26 Å². The molecule has 1 aromatic carbocycles. The molecule has 0 amide bonds. The van der Waals surface area contributed by atoms with Crippen molar-refractivity contribution in [1.82, 2.24) is 5.16 Å². The van der Waals surface area contributed by atoms with Crippen molar-refractivity contribution in [2.45, 2.75) is 32.3 Å². The first kappa shape index (κ1) is 12.1. The highest BCUT2D eigenvalue weighted by molar-refractivity contribution is 5.70. The Morgan fingerprint density at radius 1 is 1.32 bits per heavy atom. The summed E-state index contributed by atoms with van der Waals surface area (Å²) in [6.45, 7) is -0.949. The molecule has 5 heteroatoms. The molecule has 1 heterocycles. The van der Waals surface area contributed by atoms with E-state index in [9.17, 15) is 8.78 Å². The van der Waals surface area contributed by atoms with Crippen LogP contribution in [0.3, 0.4) is 0 Å². The monoisotopic (exact) mass is 265 g/mol. The molecule has 0 atom stereocenters. The van der Waals surface area contributed by atoms with E-state index in [-0.39, 0.29) is 5.75 Å². The predicted molar refractivity (Wildman–Crippen MR) is 65.3 cm³/mol. The molecule has 1 saturated carbocycles. The number of aromatic nitrogens is 1. The maximum atomic E-state index is 12.4. The summed E-state index contributed by atoms with van der Waals surface area (Å²) in [6.07, 6.45) is 2.20. The molecule has 2 aromatic rings. The highest BCUT2D eigenvalue weighted by Crippen LogP contribution is 2.44. The zero-order chi connectivity index (χ0) is 13.4. The number of benzene rings is 1. The molecule has 1 aliphatic carbocycles. The second-order valence-electron chi connectivity index (χ2n) is 4.67. The van der Waals surface area contributed by atoms with Crippen LogP contribution >= 0.6 is 0 Å². The summed E-state index contributed by atoms with van der Waals surface area (Å²) in [4.78, 5) is 0. The van der Waals surface area contributed by atoms with Gasteiger partial charge >= 0.3 is 6.61 Å². The zero-order valence-electron chi connectivity index (χ0n) is 10.4. The van der Waals surface area contributed by atoms with E-state index < -0.39 is 6.61 Å². The van der Waals surface area contributed by atoms with Crippen molar-refractivity contribution in [1.29, 1.82) is 0 Å². The summed E-state index contributed by atoms with van der Waals surface area (Å²) < 4.78 is 34.7. The van der Waals surface area contributed by atoms with Crippen molar-refractivity contribution in [2.24, 2.45) is 0 Å². The van der Waals surface area contributed by atoms with Crippen LogP contribution in [0.15, 0.2) is 28.8 Å². The first-order valence-corrected chi connectivity index (χ1v) is 6.17. The van der Waals surface area contributed by atoms with Gasteiger partial charge in [-0.05, 0) is 31.9 Å². The fourth-order valence-corrected chi connectivity index (χ4v) is 2.19. The predicted octanol–water partition coefficient (Wildman–Crippen LogP) is 4.13. The Kier molecular flexibility index (Phi) is 2.97. The van der Waals surface area contributed by atoms with Gasteiger partial charge in [-0.1, -0.05) is 17.3 Å². The van der Waals surface area contributed by atoms with Crippen LogP contribution in [0.1, 0.15) is 30.1 Å².